The quantitative estimate of drug-likeness (QED) is 0.620. The predicted octanol–water partition coefficient (Wildman–Crippen LogP) is 2.38. The molecule has 2 atom stereocenters. The highest BCUT2D eigenvalue weighted by molar-refractivity contribution is 5.51. The van der Waals surface area contributed by atoms with Crippen molar-refractivity contribution in [3.05, 3.63) is 35.9 Å². The molecule has 1 saturated carbocycles. The molecular weight excluding hydrogens is 148 g/mol. The zero-order valence-corrected chi connectivity index (χ0v) is 6.94. The van der Waals surface area contributed by atoms with Crippen LogP contribution in [0.2, 0.25) is 0 Å². The maximum Gasteiger partial charge on any atom is 0.120 e. The molecule has 0 spiro atoms. The topological polar surface area (TPSA) is 17.1 Å². The highest BCUT2D eigenvalue weighted by atomic mass is 16.1. The number of hydrogen-bond acceptors (Lipinski definition) is 1. The molecule has 0 heterocycles. The van der Waals surface area contributed by atoms with Gasteiger partial charge < -0.3 is 4.79 Å². The highest BCUT2D eigenvalue weighted by Gasteiger charge is 2.37. The monoisotopic (exact) mass is 160 g/mol. The lowest BCUT2D eigenvalue weighted by molar-refractivity contribution is -0.108. The lowest BCUT2D eigenvalue weighted by atomic mass is 10.1. The summed E-state index contributed by atoms with van der Waals surface area (Å²) in [6.45, 7) is 0. The predicted molar refractivity (Wildman–Crippen MR) is 48.0 cm³/mol. The van der Waals surface area contributed by atoms with E-state index in [1.54, 1.807) is 0 Å². The van der Waals surface area contributed by atoms with Gasteiger partial charge in [0.15, 0.2) is 0 Å². The van der Waals surface area contributed by atoms with Crippen molar-refractivity contribution in [1.82, 2.24) is 0 Å². The largest absolute Gasteiger partial charge is 0.303 e. The van der Waals surface area contributed by atoms with E-state index >= 15 is 0 Å². The van der Waals surface area contributed by atoms with Gasteiger partial charge in [-0.2, -0.15) is 0 Å². The lowest BCUT2D eigenvalue weighted by Crippen LogP contribution is -1.83. The fourth-order valence-corrected chi connectivity index (χ4v) is 1.74. The molecule has 1 aromatic rings. The average Bonchev–Trinajstić information content (AvgIpc) is 2.87. The Hall–Kier alpha value is -1.11. The molecule has 12 heavy (non-hydrogen) atoms. The van der Waals surface area contributed by atoms with E-state index in [-0.39, 0.29) is 0 Å². The molecule has 1 heteroatoms. The molecule has 0 unspecified atom stereocenters. The van der Waals surface area contributed by atoms with Gasteiger partial charge in [0.2, 0.25) is 0 Å². The summed E-state index contributed by atoms with van der Waals surface area (Å²) >= 11 is 0. The molecule has 0 aromatic heterocycles. The average molecular weight is 160 g/mol. The molecule has 0 amide bonds. The summed E-state index contributed by atoms with van der Waals surface area (Å²) in [5, 5.41) is 0. The van der Waals surface area contributed by atoms with E-state index in [9.17, 15) is 4.79 Å². The van der Waals surface area contributed by atoms with Crippen LogP contribution in [0, 0.1) is 5.92 Å². The third-order valence-corrected chi connectivity index (χ3v) is 2.55. The molecule has 0 saturated heterocycles. The van der Waals surface area contributed by atoms with Crippen molar-refractivity contribution >= 4 is 6.29 Å². The molecule has 0 N–H and O–H groups in total. The Bertz CT molecular complexity index is 266. The van der Waals surface area contributed by atoms with Gasteiger partial charge in [-0.3, -0.25) is 0 Å². The van der Waals surface area contributed by atoms with Crippen LogP contribution in [-0.4, -0.2) is 6.29 Å². The van der Waals surface area contributed by atoms with Crippen molar-refractivity contribution in [1.29, 1.82) is 0 Å². The zero-order chi connectivity index (χ0) is 8.39. The Morgan fingerprint density at radius 1 is 1.33 bits per heavy atom. The van der Waals surface area contributed by atoms with Crippen molar-refractivity contribution in [3.63, 3.8) is 0 Å². The van der Waals surface area contributed by atoms with Crippen LogP contribution in [0.5, 0.6) is 0 Å². The summed E-state index contributed by atoms with van der Waals surface area (Å²) < 4.78 is 0. The molecule has 1 fully saturated rings. The molecule has 0 radical (unpaired) electrons. The normalized spacial score (nSPS) is 26.7. The number of benzene rings is 1. The van der Waals surface area contributed by atoms with Crippen LogP contribution in [0.4, 0.5) is 0 Å². The molecule has 1 aromatic carbocycles. The van der Waals surface area contributed by atoms with Crippen LogP contribution >= 0.6 is 0 Å². The van der Waals surface area contributed by atoms with Crippen molar-refractivity contribution < 1.29 is 4.79 Å². The van der Waals surface area contributed by atoms with Crippen LogP contribution in [0.1, 0.15) is 24.3 Å². The van der Waals surface area contributed by atoms with Crippen LogP contribution in [-0.2, 0) is 4.79 Å². The second-order valence-electron chi connectivity index (χ2n) is 3.42. The Morgan fingerprint density at radius 2 is 2.08 bits per heavy atom. The van der Waals surface area contributed by atoms with E-state index in [2.05, 4.69) is 24.3 Å². The smallest absolute Gasteiger partial charge is 0.120 e. The maximum absolute atomic E-state index is 10.2. The van der Waals surface area contributed by atoms with Crippen LogP contribution in [0.3, 0.4) is 0 Å². The SMILES string of the molecule is O=CC[C@H]1C[C@@H]1c1ccccc1. The zero-order valence-electron chi connectivity index (χ0n) is 6.94. The summed E-state index contributed by atoms with van der Waals surface area (Å²) in [7, 11) is 0. The minimum absolute atomic E-state index is 0.630. The highest BCUT2D eigenvalue weighted by Crippen LogP contribution is 2.48. The molecule has 1 aliphatic carbocycles. The van der Waals surface area contributed by atoms with Crippen LogP contribution in [0.15, 0.2) is 30.3 Å². The van der Waals surface area contributed by atoms with Crippen molar-refractivity contribution in [2.24, 2.45) is 5.92 Å². The molecule has 62 valence electrons. The first-order valence-corrected chi connectivity index (χ1v) is 4.40. The minimum atomic E-state index is 0.630. The molecule has 2 rings (SSSR count). The molecule has 1 nitrogen and oxygen atoms in total. The summed E-state index contributed by atoms with van der Waals surface area (Å²) in [5.74, 6) is 1.29. The second-order valence-corrected chi connectivity index (χ2v) is 3.42. The summed E-state index contributed by atoms with van der Waals surface area (Å²) in [6, 6.07) is 10.4. The van der Waals surface area contributed by atoms with E-state index in [0.717, 1.165) is 12.7 Å². The first-order chi connectivity index (χ1) is 5.92. The minimum Gasteiger partial charge on any atom is -0.303 e. The summed E-state index contributed by atoms with van der Waals surface area (Å²) in [4.78, 5) is 10.2. The third kappa shape index (κ3) is 1.40. The van der Waals surface area contributed by atoms with Crippen LogP contribution < -0.4 is 0 Å². The number of aldehydes is 1. The van der Waals surface area contributed by atoms with Gasteiger partial charge in [0.1, 0.15) is 6.29 Å². The second kappa shape index (κ2) is 3.10. The van der Waals surface area contributed by atoms with Crippen molar-refractivity contribution in [2.45, 2.75) is 18.8 Å². The fraction of sp³-hybridized carbons (Fsp3) is 0.364. The van der Waals surface area contributed by atoms with E-state index < -0.39 is 0 Å². The van der Waals surface area contributed by atoms with Crippen molar-refractivity contribution in [3.8, 4) is 0 Å². The molecule has 0 bridgehead atoms. The number of carbonyl (C=O) groups is 1. The Labute approximate surface area is 72.4 Å². The number of rotatable bonds is 3. The van der Waals surface area contributed by atoms with Gasteiger partial charge in [0.25, 0.3) is 0 Å². The van der Waals surface area contributed by atoms with Gasteiger partial charge in [-0.25, -0.2) is 0 Å². The maximum atomic E-state index is 10.2. The molecular formula is C11H12O. The Morgan fingerprint density at radius 3 is 2.75 bits per heavy atom. The first-order valence-electron chi connectivity index (χ1n) is 4.40. The van der Waals surface area contributed by atoms with E-state index in [1.807, 2.05) is 6.07 Å². The third-order valence-electron chi connectivity index (χ3n) is 2.55. The Balaban J connectivity index is 2.01. The van der Waals surface area contributed by atoms with Gasteiger partial charge in [-0.05, 0) is 23.8 Å². The lowest BCUT2D eigenvalue weighted by Gasteiger charge is -1.96. The van der Waals surface area contributed by atoms with E-state index in [0.29, 0.717) is 11.8 Å². The summed E-state index contributed by atoms with van der Waals surface area (Å²) in [6.07, 6.45) is 2.97. The first kappa shape index (κ1) is 7.53. The standard InChI is InChI=1S/C11H12O/c12-7-6-10-8-11(10)9-4-2-1-3-5-9/h1-5,7,10-11H,6,8H2/t10-,11+/m0/s1. The van der Waals surface area contributed by atoms with Gasteiger partial charge in [0.05, 0.1) is 0 Å². The van der Waals surface area contributed by atoms with Gasteiger partial charge in [-0.15, -0.1) is 0 Å². The van der Waals surface area contributed by atoms with E-state index in [4.69, 9.17) is 0 Å². The molecule has 0 aliphatic heterocycles. The van der Waals surface area contributed by atoms with Crippen molar-refractivity contribution in [2.75, 3.05) is 0 Å². The number of hydrogen-bond donors (Lipinski definition) is 0. The molecule has 1 aliphatic rings. The van der Waals surface area contributed by atoms with Gasteiger partial charge in [0, 0.05) is 6.42 Å². The fourth-order valence-electron chi connectivity index (χ4n) is 1.74. The van der Waals surface area contributed by atoms with Gasteiger partial charge >= 0.3 is 0 Å². The number of carbonyl (C=O) groups excluding carboxylic acids is 1. The van der Waals surface area contributed by atoms with Crippen LogP contribution in [0.25, 0.3) is 0 Å². The summed E-state index contributed by atoms with van der Waals surface area (Å²) in [5.41, 5.74) is 1.39. The van der Waals surface area contributed by atoms with Gasteiger partial charge in [-0.1, -0.05) is 30.3 Å². The van der Waals surface area contributed by atoms with E-state index in [1.165, 1.54) is 12.0 Å². The Kier molecular flexibility index (Phi) is 1.94.